The Morgan fingerprint density at radius 3 is 2.46 bits per heavy atom. The summed E-state index contributed by atoms with van der Waals surface area (Å²) in [5.41, 5.74) is 6.26. The average molecular weight is 336 g/mol. The molecule has 0 heterocycles. The van der Waals surface area contributed by atoms with Gasteiger partial charge in [0.1, 0.15) is 6.04 Å². The first-order valence-electron chi connectivity index (χ1n) is 7.93. The van der Waals surface area contributed by atoms with E-state index in [1.165, 1.54) is 0 Å². The number of amides is 2. The van der Waals surface area contributed by atoms with Gasteiger partial charge in [-0.15, -0.1) is 0 Å². The summed E-state index contributed by atoms with van der Waals surface area (Å²) < 4.78 is 4.89. The number of nitrogens with two attached hydrogens (primary N) is 1. The van der Waals surface area contributed by atoms with Gasteiger partial charge in [0.05, 0.1) is 6.61 Å². The molecule has 7 heteroatoms. The number of carboxylic acids is 1. The van der Waals surface area contributed by atoms with Gasteiger partial charge in [-0.1, -0.05) is 43.7 Å². The normalized spacial score (nSPS) is 12.9. The predicted molar refractivity (Wildman–Crippen MR) is 88.3 cm³/mol. The first-order valence-corrected chi connectivity index (χ1v) is 7.93. The lowest BCUT2D eigenvalue weighted by Gasteiger charge is -2.19. The number of primary amides is 1. The van der Waals surface area contributed by atoms with E-state index in [0.29, 0.717) is 12.8 Å². The van der Waals surface area contributed by atoms with Crippen molar-refractivity contribution in [1.29, 1.82) is 0 Å². The van der Waals surface area contributed by atoms with Crippen molar-refractivity contribution in [2.75, 3.05) is 6.61 Å². The van der Waals surface area contributed by atoms with Gasteiger partial charge in [0, 0.05) is 5.92 Å². The average Bonchev–Trinajstić information content (AvgIpc) is 2.54. The smallest absolute Gasteiger partial charge is 0.407 e. The Bertz CT molecular complexity index is 547. The summed E-state index contributed by atoms with van der Waals surface area (Å²) >= 11 is 0. The zero-order valence-corrected chi connectivity index (χ0v) is 13.7. The molecule has 0 radical (unpaired) electrons. The SMILES string of the molecule is CCCCOC(=O)N[C@@H](CC(Cc1ccccc1)C(N)=O)C(=O)O. The van der Waals surface area contributed by atoms with E-state index in [9.17, 15) is 19.5 Å². The van der Waals surface area contributed by atoms with Crippen LogP contribution >= 0.6 is 0 Å². The number of nitrogens with one attached hydrogen (secondary N) is 1. The molecule has 7 nitrogen and oxygen atoms in total. The van der Waals surface area contributed by atoms with Crippen LogP contribution < -0.4 is 11.1 Å². The summed E-state index contributed by atoms with van der Waals surface area (Å²) in [5.74, 6) is -2.54. The highest BCUT2D eigenvalue weighted by Gasteiger charge is 2.28. The maximum absolute atomic E-state index is 11.6. The van der Waals surface area contributed by atoms with E-state index in [2.05, 4.69) is 5.32 Å². The van der Waals surface area contributed by atoms with Gasteiger partial charge in [-0.3, -0.25) is 4.79 Å². The number of benzene rings is 1. The number of alkyl carbamates (subject to hydrolysis) is 1. The quantitative estimate of drug-likeness (QED) is 0.562. The molecule has 0 fully saturated rings. The molecule has 1 unspecified atom stereocenters. The molecule has 1 rings (SSSR count). The monoisotopic (exact) mass is 336 g/mol. The number of aliphatic carboxylic acids is 1. The second-order valence-corrected chi connectivity index (χ2v) is 5.55. The molecule has 0 aliphatic rings. The summed E-state index contributed by atoms with van der Waals surface area (Å²) in [6.07, 6.45) is 0.966. The minimum atomic E-state index is -1.24. The van der Waals surface area contributed by atoms with Crippen molar-refractivity contribution in [3.8, 4) is 0 Å². The molecule has 1 aromatic carbocycles. The molecule has 0 spiro atoms. The number of ether oxygens (including phenoxy) is 1. The van der Waals surface area contributed by atoms with Crippen LogP contribution in [0.4, 0.5) is 4.79 Å². The predicted octanol–water partition coefficient (Wildman–Crippen LogP) is 1.70. The van der Waals surface area contributed by atoms with Crippen molar-refractivity contribution in [2.24, 2.45) is 11.7 Å². The summed E-state index contributed by atoms with van der Waals surface area (Å²) in [7, 11) is 0. The number of carbonyl (C=O) groups is 3. The Labute approximate surface area is 141 Å². The largest absolute Gasteiger partial charge is 0.480 e. The van der Waals surface area contributed by atoms with Gasteiger partial charge in [0.2, 0.25) is 5.91 Å². The van der Waals surface area contributed by atoms with Gasteiger partial charge in [-0.25, -0.2) is 9.59 Å². The number of hydrogen-bond donors (Lipinski definition) is 3. The Morgan fingerprint density at radius 1 is 1.25 bits per heavy atom. The second kappa shape index (κ2) is 10.3. The molecule has 132 valence electrons. The van der Waals surface area contributed by atoms with Crippen LogP contribution in [0.2, 0.25) is 0 Å². The summed E-state index contributed by atoms with van der Waals surface area (Å²) in [5, 5.41) is 11.5. The third-order valence-electron chi connectivity index (χ3n) is 3.57. The first kappa shape index (κ1) is 19.5. The first-order chi connectivity index (χ1) is 11.4. The fourth-order valence-corrected chi connectivity index (χ4v) is 2.20. The van der Waals surface area contributed by atoms with Crippen LogP contribution in [0.15, 0.2) is 30.3 Å². The van der Waals surface area contributed by atoms with Crippen LogP contribution in [0, 0.1) is 5.92 Å². The molecule has 0 aromatic heterocycles. The van der Waals surface area contributed by atoms with Crippen molar-refractivity contribution >= 4 is 18.0 Å². The molecule has 0 aliphatic heterocycles. The fraction of sp³-hybridized carbons (Fsp3) is 0.471. The van der Waals surface area contributed by atoms with Crippen molar-refractivity contribution in [2.45, 2.75) is 38.6 Å². The van der Waals surface area contributed by atoms with Crippen LogP contribution in [0.25, 0.3) is 0 Å². The van der Waals surface area contributed by atoms with Crippen molar-refractivity contribution < 1.29 is 24.2 Å². The Morgan fingerprint density at radius 2 is 1.92 bits per heavy atom. The maximum Gasteiger partial charge on any atom is 0.407 e. The zero-order valence-electron chi connectivity index (χ0n) is 13.7. The minimum absolute atomic E-state index is 0.0948. The highest BCUT2D eigenvalue weighted by atomic mass is 16.5. The molecular formula is C17H24N2O5. The van der Waals surface area contributed by atoms with Crippen LogP contribution in [-0.4, -0.2) is 35.7 Å². The molecular weight excluding hydrogens is 312 g/mol. The Kier molecular flexibility index (Phi) is 8.32. The lowest BCUT2D eigenvalue weighted by molar-refractivity contribution is -0.140. The van der Waals surface area contributed by atoms with Crippen molar-refractivity contribution in [3.63, 3.8) is 0 Å². The standard InChI is InChI=1S/C17H24N2O5/c1-2-3-9-24-17(23)19-14(16(21)22)11-13(15(18)20)10-12-7-5-4-6-8-12/h4-8,13-14H,2-3,9-11H2,1H3,(H2,18,20)(H,19,23)(H,21,22)/t13?,14-/m0/s1. The van der Waals surface area contributed by atoms with E-state index < -0.39 is 29.9 Å². The van der Waals surface area contributed by atoms with E-state index in [1.807, 2.05) is 37.3 Å². The fourth-order valence-electron chi connectivity index (χ4n) is 2.20. The summed E-state index contributed by atoms with van der Waals surface area (Å²) in [6, 6.07) is 7.92. The number of unbranched alkanes of at least 4 members (excludes halogenated alkanes) is 1. The lowest BCUT2D eigenvalue weighted by Crippen LogP contribution is -2.44. The van der Waals surface area contributed by atoms with Crippen molar-refractivity contribution in [3.05, 3.63) is 35.9 Å². The third-order valence-corrected chi connectivity index (χ3v) is 3.57. The van der Waals surface area contributed by atoms with Crippen molar-refractivity contribution in [1.82, 2.24) is 5.32 Å². The molecule has 1 aromatic rings. The molecule has 0 saturated carbocycles. The van der Waals surface area contributed by atoms with E-state index in [0.717, 1.165) is 12.0 Å². The van der Waals surface area contributed by atoms with Gasteiger partial charge in [0.25, 0.3) is 0 Å². The molecule has 4 N–H and O–H groups in total. The summed E-state index contributed by atoms with van der Waals surface area (Å²) in [4.78, 5) is 34.6. The van der Waals surface area contributed by atoms with Gasteiger partial charge < -0.3 is 20.9 Å². The topological polar surface area (TPSA) is 119 Å². The third kappa shape index (κ3) is 7.13. The van der Waals surface area contributed by atoms with Crippen LogP contribution in [0.1, 0.15) is 31.7 Å². The molecule has 0 saturated heterocycles. The molecule has 24 heavy (non-hydrogen) atoms. The van der Waals surface area contributed by atoms with E-state index in [1.54, 1.807) is 0 Å². The maximum atomic E-state index is 11.6. The number of carboxylic acid groups (broad SMARTS) is 1. The van der Waals surface area contributed by atoms with E-state index >= 15 is 0 Å². The van der Waals surface area contributed by atoms with Crippen LogP contribution in [0.3, 0.4) is 0 Å². The van der Waals surface area contributed by atoms with E-state index in [4.69, 9.17) is 10.5 Å². The molecule has 2 amide bonds. The lowest BCUT2D eigenvalue weighted by atomic mass is 9.92. The van der Waals surface area contributed by atoms with Gasteiger partial charge in [-0.05, 0) is 24.8 Å². The Balaban J connectivity index is 2.67. The zero-order chi connectivity index (χ0) is 17.9. The van der Waals surface area contributed by atoms with Gasteiger partial charge >= 0.3 is 12.1 Å². The molecule has 0 bridgehead atoms. The number of rotatable bonds is 10. The highest BCUT2D eigenvalue weighted by molar-refractivity contribution is 5.82. The molecule has 0 aliphatic carbocycles. The molecule has 2 atom stereocenters. The van der Waals surface area contributed by atoms with Gasteiger partial charge in [0.15, 0.2) is 0 Å². The number of hydrogen-bond acceptors (Lipinski definition) is 4. The number of carbonyl (C=O) groups excluding carboxylic acids is 2. The summed E-state index contributed by atoms with van der Waals surface area (Å²) in [6.45, 7) is 2.17. The van der Waals surface area contributed by atoms with E-state index in [-0.39, 0.29) is 13.0 Å². The highest BCUT2D eigenvalue weighted by Crippen LogP contribution is 2.15. The van der Waals surface area contributed by atoms with Crippen LogP contribution in [0.5, 0.6) is 0 Å². The van der Waals surface area contributed by atoms with Crippen LogP contribution in [-0.2, 0) is 20.7 Å². The second-order valence-electron chi connectivity index (χ2n) is 5.55. The Hall–Kier alpha value is -2.57. The van der Waals surface area contributed by atoms with Gasteiger partial charge in [-0.2, -0.15) is 0 Å². The minimum Gasteiger partial charge on any atom is -0.480 e.